The number of rotatable bonds is 5. The zero-order valence-electron chi connectivity index (χ0n) is 8.04. The Kier molecular flexibility index (Phi) is 4.73. The van der Waals surface area contributed by atoms with Crippen molar-refractivity contribution in [3.63, 3.8) is 0 Å². The van der Waals surface area contributed by atoms with Crippen LogP contribution in [0.1, 0.15) is 0 Å². The lowest BCUT2D eigenvalue weighted by Gasteiger charge is -2.34. The number of aliphatic hydroxyl groups excluding tert-OH is 4. The molecule has 10 nitrogen and oxygen atoms in total. The number of hydrogen-bond donors (Lipinski definition) is 10. The molecule has 10 heteroatoms. The lowest BCUT2D eigenvalue weighted by molar-refractivity contribution is -0.284. The Morgan fingerprint density at radius 1 is 0.625 bits per heavy atom. The van der Waals surface area contributed by atoms with Crippen LogP contribution in [0.25, 0.3) is 0 Å². The molecule has 0 aliphatic rings. The summed E-state index contributed by atoms with van der Waals surface area (Å²) < 4.78 is 0. The van der Waals surface area contributed by atoms with Gasteiger partial charge in [-0.25, -0.2) is 0 Å². The summed E-state index contributed by atoms with van der Waals surface area (Å²) in [7, 11) is 0. The Morgan fingerprint density at radius 3 is 0.938 bits per heavy atom. The Hall–Kier alpha value is -0.400. The fourth-order valence-corrected chi connectivity index (χ4v) is 0.876. The molecule has 0 saturated heterocycles. The molecular weight excluding hydrogens is 228 g/mol. The minimum atomic E-state index is -3.25. The van der Waals surface area contributed by atoms with Crippen molar-refractivity contribution in [1.82, 2.24) is 0 Å². The second-order valence-electron chi connectivity index (χ2n) is 3.44. The standard InChI is InChI=1S/C6H16N2O8/c7-5(13,14)3(11)1(9)2(10)4(12)6(8,15)16/h1-4,9-16H,7-8H2/t1-,2-,3-,4-/m0/s1. The highest BCUT2D eigenvalue weighted by Crippen LogP contribution is 2.14. The quantitative estimate of drug-likeness (QED) is 0.206. The number of nitrogens with two attached hydrogens (primary N) is 2. The molecular formula is C6H16N2O8. The first-order chi connectivity index (χ1) is 6.89. The van der Waals surface area contributed by atoms with E-state index in [-0.39, 0.29) is 0 Å². The average molecular weight is 244 g/mol. The minimum absolute atomic E-state index is 2.38. The number of hydrogen-bond acceptors (Lipinski definition) is 10. The van der Waals surface area contributed by atoms with E-state index in [0.717, 1.165) is 0 Å². The lowest BCUT2D eigenvalue weighted by atomic mass is 9.99. The Bertz CT molecular complexity index is 200. The van der Waals surface area contributed by atoms with Gasteiger partial charge in [0.2, 0.25) is 11.8 Å². The summed E-state index contributed by atoms with van der Waals surface area (Å²) in [5, 5.41) is 70.9. The second-order valence-corrected chi connectivity index (χ2v) is 3.44. The van der Waals surface area contributed by atoms with Crippen LogP contribution in [0.4, 0.5) is 0 Å². The highest BCUT2D eigenvalue weighted by Gasteiger charge is 2.45. The van der Waals surface area contributed by atoms with E-state index < -0.39 is 36.2 Å². The normalized spacial score (nSPS) is 21.4. The van der Waals surface area contributed by atoms with Crippen molar-refractivity contribution in [2.75, 3.05) is 0 Å². The molecule has 0 rings (SSSR count). The van der Waals surface area contributed by atoms with Crippen molar-refractivity contribution in [2.24, 2.45) is 11.5 Å². The first kappa shape index (κ1) is 15.6. The van der Waals surface area contributed by atoms with Gasteiger partial charge in [-0.3, -0.25) is 11.5 Å². The van der Waals surface area contributed by atoms with Gasteiger partial charge in [-0.15, -0.1) is 0 Å². The maximum absolute atomic E-state index is 9.12. The molecule has 12 N–H and O–H groups in total. The molecule has 0 heterocycles. The molecule has 0 aliphatic heterocycles. The zero-order valence-corrected chi connectivity index (χ0v) is 8.04. The van der Waals surface area contributed by atoms with Crippen molar-refractivity contribution in [3.05, 3.63) is 0 Å². The van der Waals surface area contributed by atoms with Gasteiger partial charge < -0.3 is 40.9 Å². The van der Waals surface area contributed by atoms with Crippen LogP contribution in [0, 0.1) is 0 Å². The van der Waals surface area contributed by atoms with E-state index in [0.29, 0.717) is 0 Å². The molecule has 0 aromatic carbocycles. The summed E-state index contributed by atoms with van der Waals surface area (Å²) in [4.78, 5) is 0. The largest absolute Gasteiger partial charge is 0.387 e. The molecule has 16 heavy (non-hydrogen) atoms. The van der Waals surface area contributed by atoms with Gasteiger partial charge in [-0.1, -0.05) is 0 Å². The summed E-state index contributed by atoms with van der Waals surface area (Å²) in [6, 6.07) is 0. The summed E-state index contributed by atoms with van der Waals surface area (Å²) in [6.07, 6.45) is -9.70. The average Bonchev–Trinajstić information content (AvgIpc) is 2.10. The van der Waals surface area contributed by atoms with Crippen LogP contribution in [0.15, 0.2) is 0 Å². The van der Waals surface area contributed by atoms with E-state index in [2.05, 4.69) is 11.5 Å². The highest BCUT2D eigenvalue weighted by molar-refractivity contribution is 4.88. The van der Waals surface area contributed by atoms with Crippen molar-refractivity contribution < 1.29 is 40.9 Å². The molecule has 0 aliphatic carbocycles. The van der Waals surface area contributed by atoms with E-state index in [4.69, 9.17) is 40.9 Å². The molecule has 0 saturated carbocycles. The monoisotopic (exact) mass is 244 g/mol. The van der Waals surface area contributed by atoms with Crippen LogP contribution >= 0.6 is 0 Å². The van der Waals surface area contributed by atoms with Gasteiger partial charge in [-0.05, 0) is 0 Å². The molecule has 0 spiro atoms. The summed E-state index contributed by atoms with van der Waals surface area (Å²) in [6.45, 7) is 0. The molecule has 0 amide bonds. The van der Waals surface area contributed by atoms with Crippen molar-refractivity contribution in [1.29, 1.82) is 0 Å². The fraction of sp³-hybridized carbons (Fsp3) is 1.00. The highest BCUT2D eigenvalue weighted by atomic mass is 16.6. The van der Waals surface area contributed by atoms with E-state index >= 15 is 0 Å². The second kappa shape index (κ2) is 4.85. The van der Waals surface area contributed by atoms with Crippen molar-refractivity contribution >= 4 is 0 Å². The molecule has 0 unspecified atom stereocenters. The third-order valence-electron chi connectivity index (χ3n) is 1.87. The third-order valence-corrected chi connectivity index (χ3v) is 1.87. The first-order valence-corrected chi connectivity index (χ1v) is 4.08. The van der Waals surface area contributed by atoms with Crippen LogP contribution in [0.2, 0.25) is 0 Å². The Morgan fingerprint density at radius 2 is 0.812 bits per heavy atom. The predicted molar refractivity (Wildman–Crippen MR) is 46.7 cm³/mol. The van der Waals surface area contributed by atoms with Gasteiger partial charge in [-0.2, -0.15) is 0 Å². The van der Waals surface area contributed by atoms with Gasteiger partial charge in [0.1, 0.15) is 12.2 Å². The third kappa shape index (κ3) is 3.88. The SMILES string of the molecule is NC(O)(O)[C@@H](O)[C@@H](O)[C@H](O)[C@H](O)C(N)(O)O. The van der Waals surface area contributed by atoms with Crippen LogP contribution in [-0.4, -0.2) is 77.1 Å². The van der Waals surface area contributed by atoms with E-state index in [1.807, 2.05) is 0 Å². The minimum Gasteiger partial charge on any atom is -0.387 e. The van der Waals surface area contributed by atoms with E-state index in [1.54, 1.807) is 0 Å². The molecule has 0 fully saturated rings. The van der Waals surface area contributed by atoms with Gasteiger partial charge >= 0.3 is 0 Å². The molecule has 0 aromatic heterocycles. The summed E-state index contributed by atoms with van der Waals surface area (Å²) in [5.41, 5.74) is 9.16. The molecule has 98 valence electrons. The van der Waals surface area contributed by atoms with Crippen molar-refractivity contribution in [3.8, 4) is 0 Å². The number of aliphatic hydroxyl groups is 8. The first-order valence-electron chi connectivity index (χ1n) is 4.08. The van der Waals surface area contributed by atoms with Crippen LogP contribution in [0.3, 0.4) is 0 Å². The molecule has 0 bridgehead atoms. The van der Waals surface area contributed by atoms with Crippen LogP contribution < -0.4 is 11.5 Å². The Balaban J connectivity index is 4.68. The smallest absolute Gasteiger partial charge is 0.249 e. The van der Waals surface area contributed by atoms with E-state index in [1.165, 1.54) is 0 Å². The van der Waals surface area contributed by atoms with Crippen LogP contribution in [0.5, 0.6) is 0 Å². The van der Waals surface area contributed by atoms with Crippen LogP contribution in [-0.2, 0) is 0 Å². The summed E-state index contributed by atoms with van der Waals surface area (Å²) in [5.74, 6) is -6.50. The topological polar surface area (TPSA) is 214 Å². The lowest BCUT2D eigenvalue weighted by Crippen LogP contribution is -2.64. The van der Waals surface area contributed by atoms with Crippen molar-refractivity contribution in [2.45, 2.75) is 36.2 Å². The van der Waals surface area contributed by atoms with Gasteiger partial charge in [0.15, 0.2) is 12.2 Å². The van der Waals surface area contributed by atoms with Gasteiger partial charge in [0.25, 0.3) is 0 Å². The Labute approximate surface area is 89.6 Å². The predicted octanol–water partition coefficient (Wildman–Crippen LogP) is -6.38. The van der Waals surface area contributed by atoms with Gasteiger partial charge in [0, 0.05) is 0 Å². The van der Waals surface area contributed by atoms with E-state index in [9.17, 15) is 0 Å². The summed E-state index contributed by atoms with van der Waals surface area (Å²) >= 11 is 0. The molecule has 0 aromatic rings. The maximum Gasteiger partial charge on any atom is 0.249 e. The molecule has 0 radical (unpaired) electrons. The zero-order chi connectivity index (χ0) is 13.3. The molecule has 4 atom stereocenters. The van der Waals surface area contributed by atoms with Gasteiger partial charge in [0.05, 0.1) is 0 Å². The maximum atomic E-state index is 9.12. The fourth-order valence-electron chi connectivity index (χ4n) is 0.876.